The lowest BCUT2D eigenvalue weighted by Crippen LogP contribution is -1.84. The van der Waals surface area contributed by atoms with E-state index in [0.717, 1.165) is 22.9 Å². The zero-order chi connectivity index (χ0) is 13.1. The first-order valence-corrected chi connectivity index (χ1v) is 5.95. The predicted molar refractivity (Wildman–Crippen MR) is 74.8 cm³/mol. The molecule has 0 aliphatic rings. The van der Waals surface area contributed by atoms with Crippen LogP contribution in [0.4, 0.5) is 0 Å². The van der Waals surface area contributed by atoms with E-state index in [1.165, 1.54) is 0 Å². The van der Waals surface area contributed by atoms with E-state index in [1.807, 2.05) is 48.5 Å². The Morgan fingerprint density at radius 3 is 2.42 bits per heavy atom. The first-order chi connectivity index (χ1) is 9.36. The molecule has 0 aliphatic heterocycles. The van der Waals surface area contributed by atoms with Crippen LogP contribution in [-0.4, -0.2) is 11.3 Å². The summed E-state index contributed by atoms with van der Waals surface area (Å²) >= 11 is 0. The highest BCUT2D eigenvalue weighted by Gasteiger charge is 2.02. The highest BCUT2D eigenvalue weighted by Crippen LogP contribution is 2.17. The van der Waals surface area contributed by atoms with Gasteiger partial charge in [0.15, 0.2) is 11.9 Å². The molecule has 19 heavy (non-hydrogen) atoms. The fourth-order valence-electron chi connectivity index (χ4n) is 1.89. The van der Waals surface area contributed by atoms with Crippen LogP contribution in [0.15, 0.2) is 52.9 Å². The van der Waals surface area contributed by atoms with Crippen molar-refractivity contribution in [3.8, 4) is 0 Å². The third kappa shape index (κ3) is 2.31. The summed E-state index contributed by atoms with van der Waals surface area (Å²) < 4.78 is 5.58. The first kappa shape index (κ1) is 11.4. The second kappa shape index (κ2) is 4.90. The number of para-hydroxylation sites is 2. The van der Waals surface area contributed by atoms with Crippen molar-refractivity contribution in [2.24, 2.45) is 0 Å². The van der Waals surface area contributed by atoms with Gasteiger partial charge in [0, 0.05) is 11.6 Å². The van der Waals surface area contributed by atoms with E-state index < -0.39 is 0 Å². The molecule has 0 atom stereocenters. The number of rotatable bonds is 3. The van der Waals surface area contributed by atoms with Crippen LogP contribution in [0, 0.1) is 0 Å². The van der Waals surface area contributed by atoms with Crippen LogP contribution in [0.5, 0.6) is 0 Å². The average Bonchev–Trinajstić information content (AvgIpc) is 2.88. The third-order valence-electron chi connectivity index (χ3n) is 2.84. The summed E-state index contributed by atoms with van der Waals surface area (Å²) in [5.41, 5.74) is 3.08. The first-order valence-electron chi connectivity index (χ1n) is 5.95. The number of aldehydes is 1. The lowest BCUT2D eigenvalue weighted by atomic mass is 10.1. The van der Waals surface area contributed by atoms with Gasteiger partial charge in [0.25, 0.3) is 0 Å². The van der Waals surface area contributed by atoms with Crippen LogP contribution in [0.2, 0.25) is 0 Å². The summed E-state index contributed by atoms with van der Waals surface area (Å²) in [6, 6.07) is 15.0. The standard InChI is InChI=1S/C16H11NO2/c18-11-13-6-2-1-5-12(13)9-10-16-17-14-7-3-4-8-15(14)19-16/h1-11H. The van der Waals surface area contributed by atoms with Crippen molar-refractivity contribution in [3.63, 3.8) is 0 Å². The van der Waals surface area contributed by atoms with E-state index in [4.69, 9.17) is 4.42 Å². The molecule has 0 unspecified atom stereocenters. The molecule has 0 bridgehead atoms. The Bertz CT molecular complexity index is 723. The molecule has 0 saturated carbocycles. The fraction of sp³-hybridized carbons (Fsp3) is 0. The molecule has 0 N–H and O–H groups in total. The van der Waals surface area contributed by atoms with Gasteiger partial charge in [-0.2, -0.15) is 0 Å². The number of oxazole rings is 1. The zero-order valence-corrected chi connectivity index (χ0v) is 10.1. The number of nitrogens with zero attached hydrogens (tertiary/aromatic N) is 1. The maximum Gasteiger partial charge on any atom is 0.220 e. The van der Waals surface area contributed by atoms with Gasteiger partial charge in [-0.15, -0.1) is 0 Å². The average molecular weight is 249 g/mol. The van der Waals surface area contributed by atoms with E-state index in [0.29, 0.717) is 11.5 Å². The molecule has 3 rings (SSSR count). The fourth-order valence-corrected chi connectivity index (χ4v) is 1.89. The molecule has 0 amide bonds. The SMILES string of the molecule is O=Cc1ccccc1C=Cc1nc2ccccc2o1. The number of hydrogen-bond donors (Lipinski definition) is 0. The second-order valence-electron chi connectivity index (χ2n) is 4.10. The largest absolute Gasteiger partial charge is 0.437 e. The summed E-state index contributed by atoms with van der Waals surface area (Å²) in [7, 11) is 0. The highest BCUT2D eigenvalue weighted by atomic mass is 16.3. The van der Waals surface area contributed by atoms with Gasteiger partial charge in [-0.3, -0.25) is 4.79 Å². The monoisotopic (exact) mass is 249 g/mol. The number of aromatic nitrogens is 1. The number of carbonyl (C=O) groups excluding carboxylic acids is 1. The van der Waals surface area contributed by atoms with Crippen molar-refractivity contribution in [2.75, 3.05) is 0 Å². The van der Waals surface area contributed by atoms with Crippen molar-refractivity contribution >= 4 is 29.5 Å². The zero-order valence-electron chi connectivity index (χ0n) is 10.1. The van der Waals surface area contributed by atoms with Gasteiger partial charge in [-0.1, -0.05) is 36.4 Å². The van der Waals surface area contributed by atoms with Crippen molar-refractivity contribution in [1.82, 2.24) is 4.98 Å². The van der Waals surface area contributed by atoms with Gasteiger partial charge < -0.3 is 4.42 Å². The Balaban J connectivity index is 1.95. The lowest BCUT2D eigenvalue weighted by molar-refractivity contribution is 0.112. The smallest absolute Gasteiger partial charge is 0.220 e. The molecule has 0 saturated heterocycles. The van der Waals surface area contributed by atoms with Gasteiger partial charge in [0.2, 0.25) is 5.89 Å². The minimum absolute atomic E-state index is 0.530. The van der Waals surface area contributed by atoms with E-state index >= 15 is 0 Å². The topological polar surface area (TPSA) is 43.1 Å². The van der Waals surface area contributed by atoms with Crippen molar-refractivity contribution in [2.45, 2.75) is 0 Å². The minimum Gasteiger partial charge on any atom is -0.437 e. The van der Waals surface area contributed by atoms with Crippen LogP contribution >= 0.6 is 0 Å². The summed E-state index contributed by atoms with van der Waals surface area (Å²) in [5.74, 6) is 0.530. The molecule has 2 aromatic carbocycles. The van der Waals surface area contributed by atoms with Crippen molar-refractivity contribution < 1.29 is 9.21 Å². The van der Waals surface area contributed by atoms with Gasteiger partial charge in [-0.25, -0.2) is 4.98 Å². The Morgan fingerprint density at radius 2 is 1.63 bits per heavy atom. The Labute approximate surface area is 110 Å². The number of hydrogen-bond acceptors (Lipinski definition) is 3. The van der Waals surface area contributed by atoms with E-state index in [1.54, 1.807) is 12.1 Å². The van der Waals surface area contributed by atoms with Crippen LogP contribution in [0.1, 0.15) is 21.8 Å². The molecule has 0 aliphatic carbocycles. The molecule has 0 spiro atoms. The van der Waals surface area contributed by atoms with Crippen LogP contribution < -0.4 is 0 Å². The van der Waals surface area contributed by atoms with Crippen molar-refractivity contribution in [3.05, 3.63) is 65.5 Å². The van der Waals surface area contributed by atoms with Crippen LogP contribution in [0.25, 0.3) is 23.3 Å². The van der Waals surface area contributed by atoms with Gasteiger partial charge in [-0.05, 0) is 23.8 Å². The molecule has 92 valence electrons. The van der Waals surface area contributed by atoms with Gasteiger partial charge in [0.05, 0.1) is 0 Å². The molecule has 3 nitrogen and oxygen atoms in total. The van der Waals surface area contributed by atoms with E-state index in [9.17, 15) is 4.79 Å². The molecule has 1 aromatic heterocycles. The quantitative estimate of drug-likeness (QED) is 0.663. The normalized spacial score (nSPS) is 11.2. The molecular weight excluding hydrogens is 238 g/mol. The maximum absolute atomic E-state index is 10.9. The molecule has 3 heteroatoms. The van der Waals surface area contributed by atoms with E-state index in [2.05, 4.69) is 4.98 Å². The number of fused-ring (bicyclic) bond motifs is 1. The molecule has 1 heterocycles. The summed E-state index contributed by atoms with van der Waals surface area (Å²) in [6.07, 6.45) is 4.43. The maximum atomic E-state index is 10.9. The second-order valence-corrected chi connectivity index (χ2v) is 4.10. The van der Waals surface area contributed by atoms with Crippen LogP contribution in [-0.2, 0) is 0 Å². The number of benzene rings is 2. The van der Waals surface area contributed by atoms with Gasteiger partial charge in [0.1, 0.15) is 5.52 Å². The lowest BCUT2D eigenvalue weighted by Gasteiger charge is -1.95. The highest BCUT2D eigenvalue weighted by molar-refractivity contribution is 5.84. The Kier molecular flexibility index (Phi) is 2.94. The third-order valence-corrected chi connectivity index (χ3v) is 2.84. The summed E-state index contributed by atoms with van der Waals surface area (Å²) in [6.45, 7) is 0. The Morgan fingerprint density at radius 1 is 0.895 bits per heavy atom. The summed E-state index contributed by atoms with van der Waals surface area (Å²) in [5, 5.41) is 0. The molecule has 3 aromatic rings. The molecule has 0 fully saturated rings. The summed E-state index contributed by atoms with van der Waals surface area (Å²) in [4.78, 5) is 15.2. The van der Waals surface area contributed by atoms with Crippen LogP contribution in [0.3, 0.4) is 0 Å². The van der Waals surface area contributed by atoms with Crippen molar-refractivity contribution in [1.29, 1.82) is 0 Å². The molecular formula is C16H11NO2. The minimum atomic E-state index is 0.530. The number of carbonyl (C=O) groups is 1. The van der Waals surface area contributed by atoms with Gasteiger partial charge >= 0.3 is 0 Å². The predicted octanol–water partition coefficient (Wildman–Crippen LogP) is 3.81. The Hall–Kier alpha value is -2.68. The van der Waals surface area contributed by atoms with E-state index in [-0.39, 0.29) is 0 Å². The molecule has 0 radical (unpaired) electrons.